The van der Waals surface area contributed by atoms with Crippen molar-refractivity contribution in [2.75, 3.05) is 42.9 Å². The molecule has 0 radical (unpaired) electrons. The fraction of sp³-hybridized carbons (Fsp3) is 0.350. The Hall–Kier alpha value is -2.67. The third-order valence-electron chi connectivity index (χ3n) is 4.81. The molecular weight excluding hydrogens is 352 g/mol. The molecule has 0 aliphatic carbocycles. The Bertz CT molecular complexity index is 760. The van der Waals surface area contributed by atoms with Crippen molar-refractivity contribution in [1.29, 1.82) is 0 Å². The van der Waals surface area contributed by atoms with Crippen LogP contribution in [-0.4, -0.2) is 45.2 Å². The predicted molar refractivity (Wildman–Crippen MR) is 101 cm³/mol. The van der Waals surface area contributed by atoms with E-state index in [4.69, 9.17) is 0 Å². The average Bonchev–Trinajstić information content (AvgIpc) is 2.68. The summed E-state index contributed by atoms with van der Waals surface area (Å²) < 4.78 is 28.8. The predicted octanol–water partition coefficient (Wildman–Crippen LogP) is 2.27. The first-order chi connectivity index (χ1) is 13.1. The number of nitrogens with zero attached hydrogens (tertiary/aromatic N) is 1. The average molecular weight is 376 g/mol. The van der Waals surface area contributed by atoms with E-state index in [2.05, 4.69) is 21.9 Å². The maximum atomic E-state index is 12.6. The maximum Gasteiger partial charge on any atom is 0.387 e. The highest BCUT2D eigenvalue weighted by molar-refractivity contribution is 6.06. The van der Waals surface area contributed by atoms with E-state index in [9.17, 15) is 13.6 Å². The lowest BCUT2D eigenvalue weighted by Gasteiger charge is -2.34. The topological polar surface area (TPSA) is 46.0 Å². The summed E-state index contributed by atoms with van der Waals surface area (Å²) in [6.45, 7) is 4.46. The monoisotopic (exact) mass is 376 g/mol. The third-order valence-corrected chi connectivity index (χ3v) is 4.81. The Kier molecular flexibility index (Phi) is 6.24. The normalized spacial score (nSPS) is 15.0. The first kappa shape index (κ1) is 19.1. The first-order valence-electron chi connectivity index (χ1n) is 9.10. The van der Waals surface area contributed by atoms with E-state index in [0.29, 0.717) is 5.56 Å². The molecule has 0 unspecified atom stereocenters. The molecule has 7 heteroatoms. The second-order valence-corrected chi connectivity index (χ2v) is 6.46. The van der Waals surface area contributed by atoms with Crippen molar-refractivity contribution in [3.8, 4) is 5.75 Å². The van der Waals surface area contributed by atoms with Crippen molar-refractivity contribution in [3.05, 3.63) is 54.1 Å². The van der Waals surface area contributed by atoms with Gasteiger partial charge in [0, 0.05) is 5.56 Å². The highest BCUT2D eigenvalue weighted by Gasteiger charge is 2.21. The van der Waals surface area contributed by atoms with E-state index in [1.54, 1.807) is 4.90 Å². The second kappa shape index (κ2) is 8.81. The minimum atomic E-state index is -2.88. The van der Waals surface area contributed by atoms with Gasteiger partial charge in [-0.2, -0.15) is 8.78 Å². The fourth-order valence-corrected chi connectivity index (χ4v) is 3.25. The number of quaternary nitrogens is 1. The van der Waals surface area contributed by atoms with Gasteiger partial charge in [0.2, 0.25) is 0 Å². The third kappa shape index (κ3) is 4.95. The summed E-state index contributed by atoms with van der Waals surface area (Å²) >= 11 is 0. The molecule has 2 aromatic carbocycles. The maximum absolute atomic E-state index is 12.6. The van der Waals surface area contributed by atoms with Crippen molar-refractivity contribution >= 4 is 17.3 Å². The van der Waals surface area contributed by atoms with Gasteiger partial charge in [0.05, 0.1) is 44.1 Å². The Balaban J connectivity index is 1.69. The molecule has 0 bridgehead atoms. The number of likely N-dealkylation sites (N-methyl/N-ethyl adjacent to an activating group) is 1. The van der Waals surface area contributed by atoms with Crippen LogP contribution in [-0.2, 0) is 0 Å². The first-order valence-corrected chi connectivity index (χ1v) is 9.10. The van der Waals surface area contributed by atoms with Crippen LogP contribution >= 0.6 is 0 Å². The summed E-state index contributed by atoms with van der Waals surface area (Å²) in [6, 6.07) is 13.4. The van der Waals surface area contributed by atoms with Gasteiger partial charge in [-0.15, -0.1) is 0 Å². The number of piperazine rings is 1. The summed E-state index contributed by atoms with van der Waals surface area (Å²) in [5.74, 6) is -0.262. The number of carbonyl (C=O) groups excluding carboxylic acids is 1. The smallest absolute Gasteiger partial charge is 0.387 e. The number of para-hydroxylation sites is 2. The molecule has 1 amide bonds. The van der Waals surface area contributed by atoms with Crippen molar-refractivity contribution in [2.45, 2.75) is 13.5 Å². The van der Waals surface area contributed by atoms with Crippen LogP contribution in [0.5, 0.6) is 5.75 Å². The molecule has 0 aromatic heterocycles. The molecule has 0 atom stereocenters. The van der Waals surface area contributed by atoms with E-state index in [0.717, 1.165) is 44.1 Å². The summed E-state index contributed by atoms with van der Waals surface area (Å²) in [5.41, 5.74) is 2.13. The zero-order chi connectivity index (χ0) is 19.2. The zero-order valence-electron chi connectivity index (χ0n) is 15.3. The number of amides is 1. The Labute approximate surface area is 157 Å². The molecule has 0 spiro atoms. The Morgan fingerprint density at radius 2 is 1.81 bits per heavy atom. The molecule has 3 rings (SSSR count). The van der Waals surface area contributed by atoms with Crippen LogP contribution in [0.1, 0.15) is 17.3 Å². The van der Waals surface area contributed by atoms with E-state index in [1.165, 1.54) is 24.3 Å². The standard InChI is InChI=1S/C20H23F2N3O2/c1-2-24-11-13-25(14-12-24)18-6-4-3-5-17(18)23-19(26)15-7-9-16(10-8-15)27-20(21)22/h3-10,20H,2,11-14H2,1H3,(H,23,26)/p+1. The van der Waals surface area contributed by atoms with E-state index in [1.807, 2.05) is 24.3 Å². The number of benzene rings is 2. The van der Waals surface area contributed by atoms with Gasteiger partial charge in [0.25, 0.3) is 5.91 Å². The lowest BCUT2D eigenvalue weighted by atomic mass is 10.1. The van der Waals surface area contributed by atoms with Gasteiger partial charge in [-0.1, -0.05) is 12.1 Å². The molecule has 1 aliphatic rings. The Morgan fingerprint density at radius 3 is 2.44 bits per heavy atom. The molecule has 2 aromatic rings. The van der Waals surface area contributed by atoms with Gasteiger partial charge in [-0.05, 0) is 43.3 Å². The lowest BCUT2D eigenvalue weighted by Crippen LogP contribution is -3.14. The number of anilines is 2. The number of hydrogen-bond donors (Lipinski definition) is 2. The van der Waals surface area contributed by atoms with Crippen molar-refractivity contribution in [2.24, 2.45) is 0 Å². The number of ether oxygens (including phenoxy) is 1. The summed E-state index contributed by atoms with van der Waals surface area (Å²) in [4.78, 5) is 16.4. The van der Waals surface area contributed by atoms with Crippen LogP contribution in [0.4, 0.5) is 20.2 Å². The molecule has 1 saturated heterocycles. The summed E-state index contributed by atoms with van der Waals surface area (Å²) in [7, 11) is 0. The SMILES string of the molecule is CC[NH+]1CCN(c2ccccc2NC(=O)c2ccc(OC(F)F)cc2)CC1. The van der Waals surface area contributed by atoms with Crippen LogP contribution in [0.25, 0.3) is 0 Å². The number of hydrogen-bond acceptors (Lipinski definition) is 3. The van der Waals surface area contributed by atoms with Gasteiger partial charge in [-0.25, -0.2) is 0 Å². The molecule has 1 heterocycles. The zero-order valence-corrected chi connectivity index (χ0v) is 15.3. The van der Waals surface area contributed by atoms with Gasteiger partial charge < -0.3 is 19.9 Å². The summed E-state index contributed by atoms with van der Waals surface area (Å²) in [6.07, 6.45) is 0. The number of carbonyl (C=O) groups is 1. The number of rotatable bonds is 6. The summed E-state index contributed by atoms with van der Waals surface area (Å²) in [5, 5.41) is 2.93. The highest BCUT2D eigenvalue weighted by Crippen LogP contribution is 2.26. The molecule has 0 saturated carbocycles. The Morgan fingerprint density at radius 1 is 1.15 bits per heavy atom. The minimum absolute atomic E-state index is 0.0262. The van der Waals surface area contributed by atoms with Crippen LogP contribution in [0.15, 0.2) is 48.5 Å². The molecule has 1 aliphatic heterocycles. The van der Waals surface area contributed by atoms with Crippen molar-refractivity contribution < 1.29 is 23.2 Å². The fourth-order valence-electron chi connectivity index (χ4n) is 3.25. The van der Waals surface area contributed by atoms with Crippen LogP contribution in [0.3, 0.4) is 0 Å². The molecule has 2 N–H and O–H groups in total. The number of nitrogens with one attached hydrogen (secondary N) is 2. The number of alkyl halides is 2. The minimum Gasteiger partial charge on any atom is -0.435 e. The van der Waals surface area contributed by atoms with Gasteiger partial charge in [-0.3, -0.25) is 4.79 Å². The molecule has 5 nitrogen and oxygen atoms in total. The molecule has 1 fully saturated rings. The molecular formula is C20H24F2N3O2+. The van der Waals surface area contributed by atoms with E-state index in [-0.39, 0.29) is 11.7 Å². The van der Waals surface area contributed by atoms with Gasteiger partial charge >= 0.3 is 6.61 Å². The second-order valence-electron chi connectivity index (χ2n) is 6.46. The number of halogens is 2. The van der Waals surface area contributed by atoms with E-state index < -0.39 is 6.61 Å². The largest absolute Gasteiger partial charge is 0.435 e. The van der Waals surface area contributed by atoms with Crippen molar-refractivity contribution in [3.63, 3.8) is 0 Å². The quantitative estimate of drug-likeness (QED) is 0.813. The molecule has 27 heavy (non-hydrogen) atoms. The van der Waals surface area contributed by atoms with Crippen LogP contribution < -0.4 is 19.9 Å². The molecule has 144 valence electrons. The van der Waals surface area contributed by atoms with Gasteiger partial charge in [0.15, 0.2) is 0 Å². The highest BCUT2D eigenvalue weighted by atomic mass is 19.3. The van der Waals surface area contributed by atoms with Gasteiger partial charge in [0.1, 0.15) is 5.75 Å². The van der Waals surface area contributed by atoms with Crippen LogP contribution in [0, 0.1) is 0 Å². The van der Waals surface area contributed by atoms with Crippen molar-refractivity contribution in [1.82, 2.24) is 0 Å². The van der Waals surface area contributed by atoms with E-state index >= 15 is 0 Å². The van der Waals surface area contributed by atoms with Crippen LogP contribution in [0.2, 0.25) is 0 Å². The lowest BCUT2D eigenvalue weighted by molar-refractivity contribution is -0.898.